The van der Waals surface area contributed by atoms with Crippen molar-refractivity contribution in [2.75, 3.05) is 13.1 Å². The Morgan fingerprint density at radius 2 is 1.74 bits per heavy atom. The van der Waals surface area contributed by atoms with E-state index in [0.717, 1.165) is 13.0 Å². The van der Waals surface area contributed by atoms with Gasteiger partial charge in [0.2, 0.25) is 0 Å². The molecule has 0 saturated carbocycles. The van der Waals surface area contributed by atoms with Crippen LogP contribution in [0.5, 0.6) is 0 Å². The van der Waals surface area contributed by atoms with E-state index in [2.05, 4.69) is 56.9 Å². The number of nitrogens with zero attached hydrogens (tertiary/aromatic N) is 1. The monoisotopic (exact) mass is 263 g/mol. The zero-order chi connectivity index (χ0) is 14.0. The van der Waals surface area contributed by atoms with Crippen LogP contribution in [0.1, 0.15) is 57.1 Å². The highest BCUT2D eigenvalue weighted by atomic mass is 19.1. The minimum Gasteiger partial charge on any atom is -0.298 e. The number of benzene rings is 1. The van der Waals surface area contributed by atoms with E-state index in [1.807, 2.05) is 0 Å². The lowest BCUT2D eigenvalue weighted by atomic mass is 9.86. The summed E-state index contributed by atoms with van der Waals surface area (Å²) < 4.78 is 14.4. The second-order valence-electron chi connectivity index (χ2n) is 6.32. The van der Waals surface area contributed by atoms with Crippen LogP contribution in [0.2, 0.25) is 0 Å². The van der Waals surface area contributed by atoms with Gasteiger partial charge in [-0.2, -0.15) is 0 Å². The van der Waals surface area contributed by atoms with Crippen LogP contribution in [0.25, 0.3) is 0 Å². The van der Waals surface area contributed by atoms with Crippen LogP contribution < -0.4 is 0 Å². The molecule has 1 aromatic rings. The van der Waals surface area contributed by atoms with Crippen molar-refractivity contribution in [3.05, 3.63) is 35.4 Å². The molecule has 1 aromatic carbocycles. The molecule has 0 amide bonds. The Balaban J connectivity index is 2.06. The van der Waals surface area contributed by atoms with Gasteiger partial charge in [-0.3, -0.25) is 4.90 Å². The van der Waals surface area contributed by atoms with E-state index in [1.54, 1.807) is 0 Å². The average molecular weight is 263 g/mol. The number of hydrogen-bond donors (Lipinski definition) is 0. The second kappa shape index (κ2) is 6.04. The van der Waals surface area contributed by atoms with Gasteiger partial charge >= 0.3 is 0 Å². The average Bonchev–Trinajstić information content (AvgIpc) is 2.38. The van der Waals surface area contributed by atoms with E-state index in [9.17, 15) is 4.39 Å². The zero-order valence-corrected chi connectivity index (χ0v) is 12.6. The van der Waals surface area contributed by atoms with Gasteiger partial charge in [-0.15, -0.1) is 0 Å². The van der Waals surface area contributed by atoms with E-state index in [0.29, 0.717) is 18.5 Å². The molecule has 0 spiro atoms. The van der Waals surface area contributed by atoms with Crippen molar-refractivity contribution in [1.29, 1.82) is 0 Å². The minimum atomic E-state index is -0.735. The molecule has 1 fully saturated rings. The maximum absolute atomic E-state index is 14.4. The van der Waals surface area contributed by atoms with Crippen LogP contribution in [-0.2, 0) is 0 Å². The summed E-state index contributed by atoms with van der Waals surface area (Å²) in [6.07, 6.45) is 0.196. The van der Waals surface area contributed by atoms with Gasteiger partial charge in [-0.05, 0) is 43.9 Å². The summed E-state index contributed by atoms with van der Waals surface area (Å²) in [5, 5.41) is 0. The molecule has 1 aliphatic heterocycles. The molecule has 0 aromatic heterocycles. The molecule has 2 heteroatoms. The molecule has 1 heterocycles. The predicted molar refractivity (Wildman–Crippen MR) is 79.5 cm³/mol. The fraction of sp³-hybridized carbons (Fsp3) is 0.647. The summed E-state index contributed by atoms with van der Waals surface area (Å²) in [4.78, 5) is 2.24. The number of halogens is 1. The first-order valence-corrected chi connectivity index (χ1v) is 7.47. The van der Waals surface area contributed by atoms with E-state index >= 15 is 0 Å². The highest BCUT2D eigenvalue weighted by molar-refractivity contribution is 5.28. The van der Waals surface area contributed by atoms with E-state index in [1.165, 1.54) is 11.1 Å². The molecule has 1 aliphatic rings. The summed E-state index contributed by atoms with van der Waals surface area (Å²) in [5.41, 5.74) is 2.50. The molecule has 106 valence electrons. The third-order valence-electron chi connectivity index (χ3n) is 4.33. The predicted octanol–water partition coefficient (Wildman–Crippen LogP) is 4.35. The highest BCUT2D eigenvalue weighted by Crippen LogP contribution is 2.32. The van der Waals surface area contributed by atoms with E-state index in [-0.39, 0.29) is 5.92 Å². The lowest BCUT2D eigenvalue weighted by Crippen LogP contribution is -2.44. The molecule has 0 bridgehead atoms. The van der Waals surface area contributed by atoms with Crippen molar-refractivity contribution in [3.8, 4) is 0 Å². The molecule has 0 radical (unpaired) electrons. The smallest absolute Gasteiger partial charge is 0.120 e. The van der Waals surface area contributed by atoms with Crippen LogP contribution in [0.15, 0.2) is 24.3 Å². The summed E-state index contributed by atoms with van der Waals surface area (Å²) in [7, 11) is 0. The minimum absolute atomic E-state index is 0.0798. The quantitative estimate of drug-likeness (QED) is 0.784. The number of piperidine rings is 1. The Hall–Kier alpha value is -0.890. The van der Waals surface area contributed by atoms with Crippen LogP contribution >= 0.6 is 0 Å². The first-order valence-electron chi connectivity index (χ1n) is 7.47. The molecule has 2 atom stereocenters. The van der Waals surface area contributed by atoms with Crippen LogP contribution in [0.4, 0.5) is 4.39 Å². The summed E-state index contributed by atoms with van der Waals surface area (Å²) in [6, 6.07) is 9.00. The lowest BCUT2D eigenvalue weighted by Gasteiger charge is -2.37. The van der Waals surface area contributed by atoms with Gasteiger partial charge in [0.1, 0.15) is 6.17 Å². The van der Waals surface area contributed by atoms with Gasteiger partial charge in [0.05, 0.1) is 0 Å². The van der Waals surface area contributed by atoms with Gasteiger partial charge in [0.15, 0.2) is 0 Å². The van der Waals surface area contributed by atoms with Gasteiger partial charge in [0.25, 0.3) is 0 Å². The molecule has 2 unspecified atom stereocenters. The fourth-order valence-electron chi connectivity index (χ4n) is 2.90. The third-order valence-corrected chi connectivity index (χ3v) is 4.33. The molecule has 0 aliphatic carbocycles. The zero-order valence-electron chi connectivity index (χ0n) is 12.6. The Morgan fingerprint density at radius 1 is 1.11 bits per heavy atom. The molecule has 0 N–H and O–H groups in total. The maximum Gasteiger partial charge on any atom is 0.120 e. The molecular formula is C17H26FN. The molecular weight excluding hydrogens is 237 g/mol. The maximum atomic E-state index is 14.4. The van der Waals surface area contributed by atoms with Crippen LogP contribution in [-0.4, -0.2) is 30.2 Å². The van der Waals surface area contributed by atoms with Crippen molar-refractivity contribution in [3.63, 3.8) is 0 Å². The summed E-state index contributed by atoms with van der Waals surface area (Å²) >= 11 is 0. The first kappa shape index (κ1) is 14.5. The normalized spacial score (nSPS) is 25.2. The lowest BCUT2D eigenvalue weighted by molar-refractivity contribution is 0.0940. The van der Waals surface area contributed by atoms with Crippen molar-refractivity contribution in [2.24, 2.45) is 0 Å². The number of likely N-dealkylation sites (tertiary alicyclic amines) is 1. The summed E-state index contributed by atoms with van der Waals surface area (Å²) in [5.74, 6) is 0.620. The topological polar surface area (TPSA) is 3.24 Å². The Morgan fingerprint density at radius 3 is 2.21 bits per heavy atom. The van der Waals surface area contributed by atoms with Gasteiger partial charge in [-0.1, -0.05) is 38.1 Å². The second-order valence-corrected chi connectivity index (χ2v) is 6.32. The SMILES string of the molecule is CC(C)c1ccc(C2CCN(C(C)C)CC2F)cc1. The van der Waals surface area contributed by atoms with Gasteiger partial charge in [0, 0.05) is 18.5 Å². The fourth-order valence-corrected chi connectivity index (χ4v) is 2.90. The molecule has 1 saturated heterocycles. The Bertz CT molecular complexity index is 396. The van der Waals surface area contributed by atoms with Gasteiger partial charge < -0.3 is 0 Å². The van der Waals surface area contributed by atoms with Crippen molar-refractivity contribution in [1.82, 2.24) is 4.90 Å². The third kappa shape index (κ3) is 3.36. The molecule has 2 rings (SSSR count). The van der Waals surface area contributed by atoms with Crippen molar-refractivity contribution in [2.45, 2.75) is 58.2 Å². The standard InChI is InChI=1S/C17H26FN/c1-12(2)14-5-7-15(8-6-14)16-9-10-19(13(3)4)11-17(16)18/h5-8,12-13,16-17H,9-11H2,1-4H3. The van der Waals surface area contributed by atoms with E-state index < -0.39 is 6.17 Å². The Kier molecular flexibility index (Phi) is 4.62. The number of alkyl halides is 1. The molecule has 19 heavy (non-hydrogen) atoms. The van der Waals surface area contributed by atoms with Crippen LogP contribution in [0.3, 0.4) is 0 Å². The number of rotatable bonds is 3. The van der Waals surface area contributed by atoms with Crippen LogP contribution in [0, 0.1) is 0 Å². The van der Waals surface area contributed by atoms with Gasteiger partial charge in [-0.25, -0.2) is 4.39 Å². The van der Waals surface area contributed by atoms with Crippen molar-refractivity contribution < 1.29 is 4.39 Å². The van der Waals surface area contributed by atoms with Crippen molar-refractivity contribution >= 4 is 0 Å². The van der Waals surface area contributed by atoms with E-state index in [4.69, 9.17) is 0 Å². The Labute approximate surface area is 116 Å². The largest absolute Gasteiger partial charge is 0.298 e. The number of hydrogen-bond acceptors (Lipinski definition) is 1. The first-order chi connectivity index (χ1) is 8.99. The highest BCUT2D eigenvalue weighted by Gasteiger charge is 2.31. The molecule has 1 nitrogen and oxygen atoms in total. The summed E-state index contributed by atoms with van der Waals surface area (Å²) in [6.45, 7) is 10.3.